The summed E-state index contributed by atoms with van der Waals surface area (Å²) < 4.78 is 5.16. The SMILES string of the molecule is CCC1(CC)CCc2cccc3ccn4c5cc(C(C)(C)C)ccc5[n+]1c4c23. The van der Waals surface area contributed by atoms with Gasteiger partial charge in [-0.2, -0.15) is 4.40 Å². The van der Waals surface area contributed by atoms with Crippen molar-refractivity contribution >= 4 is 27.5 Å². The first-order valence-electron chi connectivity index (χ1n) is 10.8. The van der Waals surface area contributed by atoms with Crippen LogP contribution >= 0.6 is 0 Å². The molecule has 28 heavy (non-hydrogen) atoms. The van der Waals surface area contributed by atoms with Crippen LogP contribution in [0.5, 0.6) is 0 Å². The smallest absolute Gasteiger partial charge is 0.217 e. The molecule has 2 nitrogen and oxygen atoms in total. The zero-order chi connectivity index (χ0) is 19.7. The molecule has 1 aliphatic heterocycles. The van der Waals surface area contributed by atoms with Gasteiger partial charge in [0.1, 0.15) is 5.54 Å². The molecule has 0 bridgehead atoms. The van der Waals surface area contributed by atoms with Gasteiger partial charge in [-0.15, -0.1) is 0 Å². The van der Waals surface area contributed by atoms with E-state index >= 15 is 0 Å². The number of hydrogen-bond acceptors (Lipinski definition) is 0. The Hall–Kier alpha value is -2.35. The van der Waals surface area contributed by atoms with Crippen molar-refractivity contribution in [3.63, 3.8) is 0 Å². The maximum Gasteiger partial charge on any atom is 0.295 e. The van der Waals surface area contributed by atoms with E-state index in [0.717, 1.165) is 19.3 Å². The minimum atomic E-state index is 0.148. The Labute approximate surface area is 167 Å². The van der Waals surface area contributed by atoms with Crippen LogP contribution in [0.2, 0.25) is 0 Å². The van der Waals surface area contributed by atoms with Gasteiger partial charge in [-0.3, -0.25) is 0 Å². The molecule has 0 fully saturated rings. The number of aromatic nitrogens is 2. The summed E-state index contributed by atoms with van der Waals surface area (Å²) in [5.74, 6) is 0. The second kappa shape index (κ2) is 5.83. The van der Waals surface area contributed by atoms with Crippen LogP contribution < -0.4 is 4.57 Å². The van der Waals surface area contributed by atoms with Gasteiger partial charge in [0.2, 0.25) is 0 Å². The fourth-order valence-corrected chi connectivity index (χ4v) is 5.36. The van der Waals surface area contributed by atoms with Crippen molar-refractivity contribution in [2.75, 3.05) is 0 Å². The first-order valence-corrected chi connectivity index (χ1v) is 10.8. The van der Waals surface area contributed by atoms with Crippen LogP contribution in [0.25, 0.3) is 27.5 Å². The van der Waals surface area contributed by atoms with Crippen LogP contribution in [-0.2, 0) is 17.4 Å². The van der Waals surface area contributed by atoms with Gasteiger partial charge in [0.15, 0.2) is 11.0 Å². The predicted molar refractivity (Wildman–Crippen MR) is 118 cm³/mol. The van der Waals surface area contributed by atoms with Crippen LogP contribution in [0.15, 0.2) is 48.7 Å². The van der Waals surface area contributed by atoms with E-state index in [1.165, 1.54) is 45.0 Å². The lowest BCUT2D eigenvalue weighted by Crippen LogP contribution is -2.55. The standard InChI is InChI=1S/C26H31N2/c1-6-26(7-2)15-13-18-9-8-10-19-14-16-27-22-17-20(25(3,4)5)11-12-21(22)28(26)24(27)23(18)19/h8-12,14,16-17H,6-7,13,15H2,1-5H3/q+1. The van der Waals surface area contributed by atoms with Crippen molar-refractivity contribution in [3.8, 4) is 0 Å². The van der Waals surface area contributed by atoms with Gasteiger partial charge in [-0.05, 0) is 65.8 Å². The third-order valence-electron chi connectivity index (χ3n) is 7.24. The average molecular weight is 372 g/mol. The van der Waals surface area contributed by atoms with Crippen molar-refractivity contribution in [1.29, 1.82) is 0 Å². The number of rotatable bonds is 2. The fourth-order valence-electron chi connectivity index (χ4n) is 5.36. The van der Waals surface area contributed by atoms with Gasteiger partial charge in [0.05, 0.1) is 11.6 Å². The maximum atomic E-state index is 2.70. The van der Waals surface area contributed by atoms with E-state index in [-0.39, 0.29) is 11.0 Å². The minimum absolute atomic E-state index is 0.148. The molecule has 0 spiro atoms. The van der Waals surface area contributed by atoms with Crippen molar-refractivity contribution in [1.82, 2.24) is 4.40 Å². The minimum Gasteiger partial charge on any atom is -0.217 e. The van der Waals surface area contributed by atoms with Crippen molar-refractivity contribution < 1.29 is 4.57 Å². The largest absolute Gasteiger partial charge is 0.295 e. The second-order valence-corrected chi connectivity index (χ2v) is 9.61. The van der Waals surface area contributed by atoms with Gasteiger partial charge < -0.3 is 0 Å². The van der Waals surface area contributed by atoms with E-state index in [1.807, 2.05) is 0 Å². The normalized spacial score (nSPS) is 16.3. The number of fused-ring (bicyclic) bond motifs is 3. The van der Waals surface area contributed by atoms with E-state index < -0.39 is 0 Å². The summed E-state index contributed by atoms with van der Waals surface area (Å²) in [6.45, 7) is 11.6. The summed E-state index contributed by atoms with van der Waals surface area (Å²) in [5, 5.41) is 2.81. The Morgan fingerprint density at radius 1 is 1.04 bits per heavy atom. The molecule has 0 saturated heterocycles. The van der Waals surface area contributed by atoms with Crippen LogP contribution in [0.4, 0.5) is 0 Å². The molecular formula is C26H31N2+. The predicted octanol–water partition coefficient (Wildman–Crippen LogP) is 6.29. The van der Waals surface area contributed by atoms with Crippen LogP contribution in [0.1, 0.15) is 65.0 Å². The van der Waals surface area contributed by atoms with E-state index in [1.54, 1.807) is 0 Å². The molecule has 5 rings (SSSR count). The van der Waals surface area contributed by atoms with Gasteiger partial charge in [0.25, 0.3) is 5.65 Å². The number of nitrogens with zero attached hydrogens (tertiary/aromatic N) is 2. The lowest BCUT2D eigenvalue weighted by molar-refractivity contribution is -0.721. The lowest BCUT2D eigenvalue weighted by atomic mass is 9.85. The number of pyridine rings is 1. The molecule has 0 aliphatic carbocycles. The average Bonchev–Trinajstić information content (AvgIpc) is 2.95. The molecule has 0 atom stereocenters. The Morgan fingerprint density at radius 3 is 2.54 bits per heavy atom. The molecule has 4 aromatic rings. The molecule has 0 unspecified atom stereocenters. The summed E-state index contributed by atoms with van der Waals surface area (Å²) in [7, 11) is 0. The zero-order valence-electron chi connectivity index (χ0n) is 17.8. The molecule has 144 valence electrons. The summed E-state index contributed by atoms with van der Waals surface area (Å²) in [6, 6.07) is 16.3. The molecule has 1 aliphatic rings. The van der Waals surface area contributed by atoms with Gasteiger partial charge in [-0.1, -0.05) is 58.9 Å². The van der Waals surface area contributed by atoms with Crippen LogP contribution in [0, 0.1) is 0 Å². The summed E-state index contributed by atoms with van der Waals surface area (Å²) in [5.41, 5.74) is 7.32. The molecule has 3 heterocycles. The van der Waals surface area contributed by atoms with E-state index in [2.05, 4.69) is 92.2 Å². The van der Waals surface area contributed by atoms with E-state index in [4.69, 9.17) is 0 Å². The molecule has 0 N–H and O–H groups in total. The Kier molecular flexibility index (Phi) is 3.69. The maximum absolute atomic E-state index is 2.70. The Balaban J connectivity index is 2.04. The highest BCUT2D eigenvalue weighted by atomic mass is 15.2. The highest BCUT2D eigenvalue weighted by Crippen LogP contribution is 2.37. The topological polar surface area (TPSA) is 8.29 Å². The number of hydrogen-bond donors (Lipinski definition) is 0. The van der Waals surface area contributed by atoms with E-state index in [9.17, 15) is 0 Å². The monoisotopic (exact) mass is 371 g/mol. The zero-order valence-corrected chi connectivity index (χ0v) is 17.8. The van der Waals surface area contributed by atoms with Crippen molar-refractivity contribution in [2.45, 2.75) is 71.3 Å². The van der Waals surface area contributed by atoms with E-state index in [0.29, 0.717) is 0 Å². The Morgan fingerprint density at radius 2 is 1.82 bits per heavy atom. The highest BCUT2D eigenvalue weighted by molar-refractivity contribution is 5.98. The van der Waals surface area contributed by atoms with Crippen molar-refractivity contribution in [2.24, 2.45) is 0 Å². The third-order valence-corrected chi connectivity index (χ3v) is 7.24. The second-order valence-electron chi connectivity index (χ2n) is 9.61. The summed E-state index contributed by atoms with van der Waals surface area (Å²) in [4.78, 5) is 0. The molecule has 0 amide bonds. The lowest BCUT2D eigenvalue weighted by Gasteiger charge is -2.28. The first-order chi connectivity index (χ1) is 13.4. The van der Waals surface area contributed by atoms with Crippen LogP contribution in [-0.4, -0.2) is 4.40 Å². The quantitative estimate of drug-likeness (QED) is 0.366. The molecule has 0 radical (unpaired) electrons. The molecule has 2 aromatic heterocycles. The highest BCUT2D eigenvalue weighted by Gasteiger charge is 2.41. The molecular weight excluding hydrogens is 340 g/mol. The Bertz CT molecular complexity index is 1220. The van der Waals surface area contributed by atoms with Crippen molar-refractivity contribution in [3.05, 3.63) is 59.8 Å². The third kappa shape index (κ3) is 2.24. The number of aryl methyl sites for hydroxylation is 1. The van der Waals surface area contributed by atoms with Gasteiger partial charge in [0, 0.05) is 0 Å². The van der Waals surface area contributed by atoms with Gasteiger partial charge in [-0.25, -0.2) is 4.57 Å². The number of benzene rings is 2. The van der Waals surface area contributed by atoms with Crippen LogP contribution in [0.3, 0.4) is 0 Å². The van der Waals surface area contributed by atoms with Gasteiger partial charge >= 0.3 is 0 Å². The summed E-state index contributed by atoms with van der Waals surface area (Å²) >= 11 is 0. The molecule has 0 saturated carbocycles. The molecule has 2 heteroatoms. The number of imidazole rings is 1. The molecule has 2 aromatic carbocycles. The summed E-state index contributed by atoms with van der Waals surface area (Å²) in [6.07, 6.45) is 6.97. The fraction of sp³-hybridized carbons (Fsp3) is 0.423. The first kappa shape index (κ1) is 17.7.